The van der Waals surface area contributed by atoms with Gasteiger partial charge in [-0.05, 0) is 30.7 Å². The third-order valence-corrected chi connectivity index (χ3v) is 3.86. The summed E-state index contributed by atoms with van der Waals surface area (Å²) in [6, 6.07) is 16.3. The number of aryl methyl sites for hydroxylation is 2. The van der Waals surface area contributed by atoms with Gasteiger partial charge in [0.25, 0.3) is 5.91 Å². The number of hydrogen-bond donors (Lipinski definition) is 1. The lowest BCUT2D eigenvalue weighted by Crippen LogP contribution is -2.15. The fourth-order valence-corrected chi connectivity index (χ4v) is 2.67. The van der Waals surface area contributed by atoms with Gasteiger partial charge in [0.2, 0.25) is 5.95 Å². The van der Waals surface area contributed by atoms with Crippen molar-refractivity contribution in [2.75, 3.05) is 5.32 Å². The van der Waals surface area contributed by atoms with Gasteiger partial charge in [0.1, 0.15) is 5.56 Å². The van der Waals surface area contributed by atoms with E-state index >= 15 is 0 Å². The molecular weight excluding hydrogens is 319 g/mol. The number of nitrogens with zero attached hydrogens (tertiary/aromatic N) is 3. The van der Waals surface area contributed by atoms with Crippen LogP contribution in [-0.2, 0) is 7.05 Å². The third kappa shape index (κ3) is 3.12. The van der Waals surface area contributed by atoms with E-state index in [0.717, 1.165) is 15.8 Å². The molecule has 0 saturated carbocycles. The van der Waals surface area contributed by atoms with Crippen molar-refractivity contribution in [1.29, 1.82) is 5.26 Å². The van der Waals surface area contributed by atoms with Crippen molar-refractivity contribution >= 4 is 11.6 Å². The monoisotopic (exact) mass is 334 g/mol. The van der Waals surface area contributed by atoms with Gasteiger partial charge in [-0.3, -0.25) is 4.79 Å². The first kappa shape index (κ1) is 16.4. The number of rotatable bonds is 3. The number of nitriles is 1. The van der Waals surface area contributed by atoms with Crippen molar-refractivity contribution in [2.45, 2.75) is 6.92 Å². The van der Waals surface area contributed by atoms with Crippen LogP contribution in [0.2, 0.25) is 0 Å². The number of nitrogens with one attached hydrogen (secondary N) is 1. The highest BCUT2D eigenvalue weighted by atomic mass is 19.1. The molecule has 124 valence electrons. The van der Waals surface area contributed by atoms with Gasteiger partial charge in [-0.2, -0.15) is 14.8 Å². The number of para-hydroxylation sites is 1. The van der Waals surface area contributed by atoms with Gasteiger partial charge in [0, 0.05) is 18.3 Å². The fraction of sp³-hybridized carbons (Fsp3) is 0.105. The molecule has 0 atom stereocenters. The van der Waals surface area contributed by atoms with Gasteiger partial charge in [0.05, 0.1) is 17.3 Å². The molecule has 1 amide bonds. The highest BCUT2D eigenvalue weighted by Gasteiger charge is 2.21. The Labute approximate surface area is 144 Å². The smallest absolute Gasteiger partial charge is 0.262 e. The molecule has 0 aliphatic carbocycles. The SMILES string of the molecule is Cc1nn(C)c(F)c1C(=O)Nc1ccccc1-c1cccc(C#N)c1. The summed E-state index contributed by atoms with van der Waals surface area (Å²) in [7, 11) is 1.44. The van der Waals surface area contributed by atoms with Crippen molar-refractivity contribution in [3.05, 3.63) is 71.3 Å². The number of hydrogen-bond acceptors (Lipinski definition) is 3. The summed E-state index contributed by atoms with van der Waals surface area (Å²) in [6.45, 7) is 1.58. The summed E-state index contributed by atoms with van der Waals surface area (Å²) in [4.78, 5) is 12.5. The first-order valence-corrected chi connectivity index (χ1v) is 7.61. The number of halogens is 1. The lowest BCUT2D eigenvalue weighted by molar-refractivity contribution is 0.102. The van der Waals surface area contributed by atoms with Crippen LogP contribution in [0.15, 0.2) is 48.5 Å². The maximum Gasteiger partial charge on any atom is 0.262 e. The normalized spacial score (nSPS) is 10.3. The Kier molecular flexibility index (Phi) is 4.31. The molecule has 3 rings (SSSR count). The van der Waals surface area contributed by atoms with E-state index in [2.05, 4.69) is 16.5 Å². The largest absolute Gasteiger partial charge is 0.321 e. The molecule has 6 heteroatoms. The van der Waals surface area contributed by atoms with Gasteiger partial charge >= 0.3 is 0 Å². The summed E-state index contributed by atoms with van der Waals surface area (Å²) in [5.41, 5.74) is 2.83. The molecule has 0 aliphatic rings. The minimum Gasteiger partial charge on any atom is -0.321 e. The zero-order valence-corrected chi connectivity index (χ0v) is 13.7. The van der Waals surface area contributed by atoms with Crippen LogP contribution in [-0.4, -0.2) is 15.7 Å². The molecule has 0 aliphatic heterocycles. The van der Waals surface area contributed by atoms with E-state index in [4.69, 9.17) is 5.26 Å². The summed E-state index contributed by atoms with van der Waals surface area (Å²) < 4.78 is 15.1. The number of carbonyl (C=O) groups excluding carboxylic acids is 1. The minimum atomic E-state index is -0.682. The van der Waals surface area contributed by atoms with Crippen LogP contribution in [0.1, 0.15) is 21.6 Å². The molecular formula is C19H15FN4O. The second kappa shape index (κ2) is 6.57. The van der Waals surface area contributed by atoms with Gasteiger partial charge in [-0.25, -0.2) is 4.68 Å². The maximum atomic E-state index is 14.1. The fourth-order valence-electron chi connectivity index (χ4n) is 2.67. The second-order valence-corrected chi connectivity index (χ2v) is 5.57. The summed E-state index contributed by atoms with van der Waals surface area (Å²) in [5.74, 6) is -1.24. The molecule has 2 aromatic carbocycles. The molecule has 25 heavy (non-hydrogen) atoms. The van der Waals surface area contributed by atoms with E-state index in [1.165, 1.54) is 7.05 Å². The highest BCUT2D eigenvalue weighted by molar-refractivity contribution is 6.07. The van der Waals surface area contributed by atoms with E-state index in [1.807, 2.05) is 18.2 Å². The van der Waals surface area contributed by atoms with Crippen molar-refractivity contribution in [3.8, 4) is 17.2 Å². The molecule has 1 N–H and O–H groups in total. The van der Waals surface area contributed by atoms with E-state index in [-0.39, 0.29) is 5.56 Å². The van der Waals surface area contributed by atoms with Gasteiger partial charge in [-0.15, -0.1) is 0 Å². The first-order valence-electron chi connectivity index (χ1n) is 7.61. The lowest BCUT2D eigenvalue weighted by atomic mass is 10.0. The van der Waals surface area contributed by atoms with Gasteiger partial charge in [-0.1, -0.05) is 30.3 Å². The molecule has 0 unspecified atom stereocenters. The number of carbonyl (C=O) groups is 1. The standard InChI is InChI=1S/C19H15FN4O/c1-12-17(18(20)24(2)23-12)19(25)22-16-9-4-3-8-15(16)14-7-5-6-13(10-14)11-21/h3-10H,1-2H3,(H,22,25). The maximum absolute atomic E-state index is 14.1. The molecule has 1 aromatic heterocycles. The Morgan fingerprint density at radius 3 is 2.68 bits per heavy atom. The van der Waals surface area contributed by atoms with Crippen LogP contribution >= 0.6 is 0 Å². The Morgan fingerprint density at radius 2 is 2.00 bits per heavy atom. The Morgan fingerprint density at radius 1 is 1.24 bits per heavy atom. The minimum absolute atomic E-state index is 0.0805. The molecule has 0 fully saturated rings. The predicted octanol–water partition coefficient (Wildman–Crippen LogP) is 3.66. The lowest BCUT2D eigenvalue weighted by Gasteiger charge is -2.11. The predicted molar refractivity (Wildman–Crippen MR) is 92.4 cm³/mol. The van der Waals surface area contributed by atoms with Crippen molar-refractivity contribution in [3.63, 3.8) is 0 Å². The van der Waals surface area contributed by atoms with Crippen molar-refractivity contribution in [2.24, 2.45) is 7.05 Å². The summed E-state index contributed by atoms with van der Waals surface area (Å²) in [5, 5.41) is 15.7. The summed E-state index contributed by atoms with van der Waals surface area (Å²) in [6.07, 6.45) is 0. The van der Waals surface area contributed by atoms with Crippen molar-refractivity contribution in [1.82, 2.24) is 9.78 Å². The number of anilines is 1. The quantitative estimate of drug-likeness (QED) is 0.794. The van der Waals surface area contributed by atoms with Crippen LogP contribution < -0.4 is 5.32 Å². The van der Waals surface area contributed by atoms with Crippen LogP contribution in [0, 0.1) is 24.2 Å². The molecule has 0 radical (unpaired) electrons. The molecule has 0 bridgehead atoms. The van der Waals surface area contributed by atoms with E-state index in [9.17, 15) is 9.18 Å². The average Bonchev–Trinajstić information content (AvgIpc) is 2.87. The van der Waals surface area contributed by atoms with Gasteiger partial charge in [0.15, 0.2) is 0 Å². The van der Waals surface area contributed by atoms with Crippen LogP contribution in [0.4, 0.5) is 10.1 Å². The zero-order valence-electron chi connectivity index (χ0n) is 13.7. The zero-order chi connectivity index (χ0) is 18.0. The number of amides is 1. The van der Waals surface area contributed by atoms with Crippen LogP contribution in [0.5, 0.6) is 0 Å². The number of benzene rings is 2. The highest BCUT2D eigenvalue weighted by Crippen LogP contribution is 2.29. The molecule has 3 aromatic rings. The topological polar surface area (TPSA) is 70.7 Å². The Hall–Kier alpha value is -3.46. The molecule has 0 spiro atoms. The van der Waals surface area contributed by atoms with Gasteiger partial charge < -0.3 is 5.32 Å². The average molecular weight is 334 g/mol. The molecule has 5 nitrogen and oxygen atoms in total. The second-order valence-electron chi connectivity index (χ2n) is 5.57. The molecule has 0 saturated heterocycles. The molecule has 1 heterocycles. The Bertz CT molecular complexity index is 1000. The third-order valence-electron chi connectivity index (χ3n) is 3.86. The first-order chi connectivity index (χ1) is 12.0. The van der Waals surface area contributed by atoms with Crippen LogP contribution in [0.25, 0.3) is 11.1 Å². The van der Waals surface area contributed by atoms with Crippen molar-refractivity contribution < 1.29 is 9.18 Å². The van der Waals surface area contributed by atoms with E-state index < -0.39 is 11.9 Å². The van der Waals surface area contributed by atoms with E-state index in [0.29, 0.717) is 16.9 Å². The summed E-state index contributed by atoms with van der Waals surface area (Å²) >= 11 is 0. The number of aromatic nitrogens is 2. The Balaban J connectivity index is 1.99. The van der Waals surface area contributed by atoms with E-state index in [1.54, 1.807) is 37.3 Å². The van der Waals surface area contributed by atoms with Crippen LogP contribution in [0.3, 0.4) is 0 Å².